The molecule has 4 heteroatoms. The number of nitrogens with one attached hydrogen (secondary N) is 1. The molecule has 0 aliphatic carbocycles. The minimum Gasteiger partial charge on any atom is -0.506 e. The lowest BCUT2D eigenvalue weighted by atomic mass is 9.87. The molecule has 100 valence electrons. The molecule has 2 N–H and O–H groups in total. The number of ether oxygens (including phenoxy) is 1. The molecule has 0 saturated carbocycles. The molecule has 0 bridgehead atoms. The molecule has 1 rings (SSSR count). The highest BCUT2D eigenvalue weighted by Gasteiger charge is 2.15. The van der Waals surface area contributed by atoms with Gasteiger partial charge in [0.2, 0.25) is 0 Å². The molecule has 1 aromatic rings. The standard InChI is InChI=1S/C14H21NO3/c1-5-18-13(17)9-15-11-8-10(14(2,3)4)6-7-12(11)16/h6-8,15-16H,5,9H2,1-4H3. The summed E-state index contributed by atoms with van der Waals surface area (Å²) in [4.78, 5) is 11.2. The highest BCUT2D eigenvalue weighted by Crippen LogP contribution is 2.30. The molecule has 0 aromatic heterocycles. The molecule has 0 radical (unpaired) electrons. The topological polar surface area (TPSA) is 58.6 Å². The fourth-order valence-corrected chi connectivity index (χ4v) is 1.52. The van der Waals surface area contributed by atoms with Crippen molar-refractivity contribution in [2.45, 2.75) is 33.1 Å². The summed E-state index contributed by atoms with van der Waals surface area (Å²) in [5, 5.41) is 12.6. The van der Waals surface area contributed by atoms with Crippen LogP contribution in [0.4, 0.5) is 5.69 Å². The van der Waals surface area contributed by atoms with Gasteiger partial charge in [0.25, 0.3) is 0 Å². The second-order valence-corrected chi connectivity index (χ2v) is 5.14. The monoisotopic (exact) mass is 251 g/mol. The first-order chi connectivity index (χ1) is 8.34. The normalized spacial score (nSPS) is 11.1. The van der Waals surface area contributed by atoms with Gasteiger partial charge in [-0.1, -0.05) is 26.8 Å². The Labute approximate surface area is 108 Å². The number of aromatic hydroxyl groups is 1. The van der Waals surface area contributed by atoms with Gasteiger partial charge in [0, 0.05) is 0 Å². The molecule has 0 spiro atoms. The number of phenols is 1. The van der Waals surface area contributed by atoms with Crippen LogP contribution in [0.2, 0.25) is 0 Å². The van der Waals surface area contributed by atoms with Gasteiger partial charge in [0.1, 0.15) is 12.3 Å². The van der Waals surface area contributed by atoms with Crippen molar-refractivity contribution in [3.05, 3.63) is 23.8 Å². The molecule has 0 unspecified atom stereocenters. The highest BCUT2D eigenvalue weighted by molar-refractivity contribution is 5.76. The van der Waals surface area contributed by atoms with Gasteiger partial charge in [-0.05, 0) is 30.0 Å². The summed E-state index contributed by atoms with van der Waals surface area (Å²) in [7, 11) is 0. The van der Waals surface area contributed by atoms with Gasteiger partial charge in [-0.15, -0.1) is 0 Å². The third-order valence-electron chi connectivity index (χ3n) is 2.59. The summed E-state index contributed by atoms with van der Waals surface area (Å²) in [6, 6.07) is 5.37. The molecule has 4 nitrogen and oxygen atoms in total. The second-order valence-electron chi connectivity index (χ2n) is 5.14. The first-order valence-electron chi connectivity index (χ1n) is 6.07. The van der Waals surface area contributed by atoms with Gasteiger partial charge in [0.05, 0.1) is 12.3 Å². The zero-order chi connectivity index (χ0) is 13.8. The third-order valence-corrected chi connectivity index (χ3v) is 2.59. The number of rotatable bonds is 4. The predicted octanol–water partition coefficient (Wildman–Crippen LogP) is 2.66. The average molecular weight is 251 g/mol. The van der Waals surface area contributed by atoms with E-state index in [0.29, 0.717) is 12.3 Å². The van der Waals surface area contributed by atoms with E-state index in [9.17, 15) is 9.90 Å². The first-order valence-corrected chi connectivity index (χ1v) is 6.07. The number of carbonyl (C=O) groups is 1. The van der Waals surface area contributed by atoms with Crippen LogP contribution in [-0.4, -0.2) is 24.2 Å². The van der Waals surface area contributed by atoms with Gasteiger partial charge in [-0.25, -0.2) is 0 Å². The number of anilines is 1. The molecule has 0 fully saturated rings. The summed E-state index contributed by atoms with van der Waals surface area (Å²) in [5.74, 6) is -0.203. The smallest absolute Gasteiger partial charge is 0.325 e. The van der Waals surface area contributed by atoms with E-state index in [4.69, 9.17) is 4.74 Å². The van der Waals surface area contributed by atoms with Crippen molar-refractivity contribution in [1.82, 2.24) is 0 Å². The lowest BCUT2D eigenvalue weighted by Crippen LogP contribution is -2.17. The second kappa shape index (κ2) is 5.76. The zero-order valence-electron chi connectivity index (χ0n) is 11.4. The fourth-order valence-electron chi connectivity index (χ4n) is 1.52. The Hall–Kier alpha value is -1.71. The minimum atomic E-state index is -0.335. The molecular weight excluding hydrogens is 230 g/mol. The number of hydrogen-bond acceptors (Lipinski definition) is 4. The van der Waals surface area contributed by atoms with Crippen molar-refractivity contribution in [1.29, 1.82) is 0 Å². The van der Waals surface area contributed by atoms with Crippen LogP contribution in [-0.2, 0) is 14.9 Å². The Morgan fingerprint density at radius 3 is 2.61 bits per heavy atom. The van der Waals surface area contributed by atoms with Crippen LogP contribution in [0, 0.1) is 0 Å². The minimum absolute atomic E-state index is 0.00590. The first kappa shape index (κ1) is 14.4. The summed E-state index contributed by atoms with van der Waals surface area (Å²) < 4.78 is 4.82. The summed E-state index contributed by atoms with van der Waals surface area (Å²) in [6.07, 6.45) is 0. The third kappa shape index (κ3) is 3.95. The maximum absolute atomic E-state index is 11.2. The van der Waals surface area contributed by atoms with Gasteiger partial charge in [-0.3, -0.25) is 4.79 Å². The Morgan fingerprint density at radius 2 is 2.06 bits per heavy atom. The Bertz CT molecular complexity index is 422. The van der Waals surface area contributed by atoms with Gasteiger partial charge in [-0.2, -0.15) is 0 Å². The quantitative estimate of drug-likeness (QED) is 0.638. The Morgan fingerprint density at radius 1 is 1.39 bits per heavy atom. The number of carbonyl (C=O) groups excluding carboxylic acids is 1. The summed E-state index contributed by atoms with van der Waals surface area (Å²) in [5.41, 5.74) is 1.63. The lowest BCUT2D eigenvalue weighted by Gasteiger charge is -2.20. The van der Waals surface area contributed by atoms with Crippen LogP contribution in [0.3, 0.4) is 0 Å². The average Bonchev–Trinajstić information content (AvgIpc) is 2.26. The van der Waals surface area contributed by atoms with E-state index in [2.05, 4.69) is 26.1 Å². The lowest BCUT2D eigenvalue weighted by molar-refractivity contribution is -0.140. The van der Waals surface area contributed by atoms with Gasteiger partial charge >= 0.3 is 5.97 Å². The van der Waals surface area contributed by atoms with E-state index < -0.39 is 0 Å². The number of phenolic OH excluding ortho intramolecular Hbond substituents is 1. The predicted molar refractivity (Wildman–Crippen MR) is 71.9 cm³/mol. The van der Waals surface area contributed by atoms with E-state index in [1.54, 1.807) is 13.0 Å². The number of esters is 1. The van der Waals surface area contributed by atoms with E-state index in [1.807, 2.05) is 12.1 Å². The van der Waals surface area contributed by atoms with Crippen LogP contribution in [0.15, 0.2) is 18.2 Å². The molecule has 0 heterocycles. The van der Waals surface area contributed by atoms with Crippen molar-refractivity contribution in [3.8, 4) is 5.75 Å². The molecule has 0 amide bonds. The molecular formula is C14H21NO3. The fraction of sp³-hybridized carbons (Fsp3) is 0.500. The van der Waals surface area contributed by atoms with Gasteiger partial charge in [0.15, 0.2) is 0 Å². The molecule has 1 aromatic carbocycles. The van der Waals surface area contributed by atoms with Crippen molar-refractivity contribution in [3.63, 3.8) is 0 Å². The molecule has 18 heavy (non-hydrogen) atoms. The highest BCUT2D eigenvalue weighted by atomic mass is 16.5. The Kier molecular flexibility index (Phi) is 4.59. The molecule has 0 atom stereocenters. The molecule has 0 aliphatic heterocycles. The van der Waals surface area contributed by atoms with E-state index in [1.165, 1.54) is 0 Å². The summed E-state index contributed by atoms with van der Waals surface area (Å²) >= 11 is 0. The van der Waals surface area contributed by atoms with Crippen molar-refractivity contribution in [2.24, 2.45) is 0 Å². The van der Waals surface area contributed by atoms with E-state index in [0.717, 1.165) is 5.56 Å². The van der Waals surface area contributed by atoms with Crippen molar-refractivity contribution >= 4 is 11.7 Å². The SMILES string of the molecule is CCOC(=O)CNc1cc(C(C)(C)C)ccc1O. The van der Waals surface area contributed by atoms with Crippen LogP contribution in [0.1, 0.15) is 33.3 Å². The van der Waals surface area contributed by atoms with Crippen molar-refractivity contribution < 1.29 is 14.6 Å². The van der Waals surface area contributed by atoms with Crippen molar-refractivity contribution in [2.75, 3.05) is 18.5 Å². The van der Waals surface area contributed by atoms with E-state index >= 15 is 0 Å². The van der Waals surface area contributed by atoms with Crippen LogP contribution in [0.25, 0.3) is 0 Å². The van der Waals surface area contributed by atoms with Crippen LogP contribution < -0.4 is 5.32 Å². The van der Waals surface area contributed by atoms with Crippen LogP contribution in [0.5, 0.6) is 5.75 Å². The zero-order valence-corrected chi connectivity index (χ0v) is 11.4. The maximum Gasteiger partial charge on any atom is 0.325 e. The molecule has 0 saturated heterocycles. The van der Waals surface area contributed by atoms with E-state index in [-0.39, 0.29) is 23.7 Å². The van der Waals surface area contributed by atoms with Crippen LogP contribution >= 0.6 is 0 Å². The Balaban J connectivity index is 2.79. The summed E-state index contributed by atoms with van der Waals surface area (Å²) in [6.45, 7) is 8.44. The molecule has 0 aliphatic rings. The number of hydrogen-bond donors (Lipinski definition) is 2. The largest absolute Gasteiger partial charge is 0.506 e. The van der Waals surface area contributed by atoms with Gasteiger partial charge < -0.3 is 15.2 Å². The maximum atomic E-state index is 11.2. The number of benzene rings is 1.